The van der Waals surface area contributed by atoms with Gasteiger partial charge in [0.15, 0.2) is 6.10 Å². The Morgan fingerprint density at radius 2 is 1.18 bits per heavy atom. The monoisotopic (exact) mass is 614 g/mol. The molecule has 44 heavy (non-hydrogen) atoms. The molecule has 0 radical (unpaired) electrons. The van der Waals surface area contributed by atoms with Crippen molar-refractivity contribution in [3.8, 4) is 22.6 Å². The lowest BCUT2D eigenvalue weighted by molar-refractivity contribution is -0.208. The number of hydrogen-bond donors (Lipinski definition) is 0. The predicted octanol–water partition coefficient (Wildman–Crippen LogP) is 9.22. The van der Waals surface area contributed by atoms with Crippen molar-refractivity contribution in [3.05, 3.63) is 83.9 Å². The van der Waals surface area contributed by atoms with Crippen molar-refractivity contribution in [1.29, 1.82) is 0 Å². The molecule has 1 atom stereocenters. The molecule has 0 amide bonds. The van der Waals surface area contributed by atoms with Crippen molar-refractivity contribution in [1.82, 2.24) is 0 Å². The average Bonchev–Trinajstić information content (AvgIpc) is 3.02. The smallest absolute Gasteiger partial charge is 0.425 e. The Morgan fingerprint density at radius 3 is 1.77 bits per heavy atom. The van der Waals surface area contributed by atoms with Crippen molar-refractivity contribution in [2.45, 2.75) is 77.5 Å². The summed E-state index contributed by atoms with van der Waals surface area (Å²) < 4.78 is 60.6. The summed E-state index contributed by atoms with van der Waals surface area (Å²) in [6, 6.07) is 19.8. The quantitative estimate of drug-likeness (QED) is 0.0808. The number of benzene rings is 3. The van der Waals surface area contributed by atoms with E-state index in [1.807, 2.05) is 36.4 Å². The van der Waals surface area contributed by atoms with Crippen molar-refractivity contribution in [2.75, 3.05) is 19.8 Å². The van der Waals surface area contributed by atoms with E-state index >= 15 is 0 Å². The molecular weight excluding hydrogens is 573 g/mol. The minimum absolute atomic E-state index is 0.103. The fraction of sp³-hybridized carbons (Fsp3) is 0.429. The molecule has 9 heteroatoms. The summed E-state index contributed by atoms with van der Waals surface area (Å²) in [4.78, 5) is 24.9. The Hall–Kier alpha value is -3.85. The number of halogens is 3. The van der Waals surface area contributed by atoms with Gasteiger partial charge in [0.1, 0.15) is 11.5 Å². The highest BCUT2D eigenvalue weighted by molar-refractivity contribution is 5.92. The molecule has 3 rings (SSSR count). The molecule has 3 aromatic carbocycles. The van der Waals surface area contributed by atoms with E-state index in [-0.39, 0.29) is 24.5 Å². The van der Waals surface area contributed by atoms with Crippen LogP contribution in [0.2, 0.25) is 0 Å². The molecule has 0 saturated heterocycles. The first-order valence-corrected chi connectivity index (χ1v) is 15.2. The molecule has 238 valence electrons. The Bertz CT molecular complexity index is 1270. The molecule has 0 aliphatic heterocycles. The third-order valence-corrected chi connectivity index (χ3v) is 6.97. The Morgan fingerprint density at radius 1 is 0.659 bits per heavy atom. The van der Waals surface area contributed by atoms with Gasteiger partial charge in [0.25, 0.3) is 0 Å². The highest BCUT2D eigenvalue weighted by Gasteiger charge is 2.42. The molecule has 0 saturated carbocycles. The summed E-state index contributed by atoms with van der Waals surface area (Å²) in [6.45, 7) is 4.64. The maximum absolute atomic E-state index is 13.2. The molecule has 1 unspecified atom stereocenters. The number of alkyl halides is 3. The largest absolute Gasteiger partial charge is 0.494 e. The molecule has 0 spiro atoms. The summed E-state index contributed by atoms with van der Waals surface area (Å²) >= 11 is 0. The number of unbranched alkanes of at least 4 members (excludes halogenated alkanes) is 6. The van der Waals surface area contributed by atoms with Crippen LogP contribution in [0.3, 0.4) is 0 Å². The van der Waals surface area contributed by atoms with Gasteiger partial charge in [-0.2, -0.15) is 13.2 Å². The van der Waals surface area contributed by atoms with Crippen LogP contribution in [-0.2, 0) is 9.47 Å². The second kappa shape index (κ2) is 18.1. The standard InChI is InChI=1S/C35H41F3O6/c1-3-5-6-7-8-9-10-24-42-30-19-15-27(16-20-30)26-11-13-28(14-12-26)33(39)43-31-21-17-29(18-22-31)34(40)44-32(35(36,37)38)23-25-41-4-2/h11-22,32H,3-10,23-25H2,1-2H3. The maximum atomic E-state index is 13.2. The number of ether oxygens (including phenoxy) is 4. The average molecular weight is 615 g/mol. The van der Waals surface area contributed by atoms with Gasteiger partial charge in [-0.3, -0.25) is 0 Å². The van der Waals surface area contributed by atoms with Crippen LogP contribution in [0.25, 0.3) is 11.1 Å². The minimum Gasteiger partial charge on any atom is -0.494 e. The van der Waals surface area contributed by atoms with Gasteiger partial charge in [0, 0.05) is 13.0 Å². The van der Waals surface area contributed by atoms with Gasteiger partial charge < -0.3 is 18.9 Å². The zero-order chi connectivity index (χ0) is 31.8. The second-order valence-corrected chi connectivity index (χ2v) is 10.4. The summed E-state index contributed by atoms with van der Waals surface area (Å²) in [7, 11) is 0. The van der Waals surface area contributed by atoms with Crippen molar-refractivity contribution in [2.24, 2.45) is 0 Å². The van der Waals surface area contributed by atoms with E-state index in [0.29, 0.717) is 12.2 Å². The molecule has 0 fully saturated rings. The van der Waals surface area contributed by atoms with Gasteiger partial charge >= 0.3 is 18.1 Å². The van der Waals surface area contributed by atoms with Crippen LogP contribution < -0.4 is 9.47 Å². The minimum atomic E-state index is -4.72. The van der Waals surface area contributed by atoms with E-state index in [2.05, 4.69) is 11.7 Å². The lowest BCUT2D eigenvalue weighted by Gasteiger charge is -2.20. The van der Waals surface area contributed by atoms with E-state index in [1.165, 1.54) is 62.8 Å². The highest BCUT2D eigenvalue weighted by Crippen LogP contribution is 2.27. The first kappa shape index (κ1) is 34.6. The molecule has 0 aromatic heterocycles. The van der Waals surface area contributed by atoms with Crippen LogP contribution in [0.5, 0.6) is 11.5 Å². The fourth-order valence-electron chi connectivity index (χ4n) is 4.44. The first-order valence-electron chi connectivity index (χ1n) is 15.2. The Balaban J connectivity index is 1.47. The Labute approximate surface area is 257 Å². The summed E-state index contributed by atoms with van der Waals surface area (Å²) in [6.07, 6.45) is 1.13. The van der Waals surface area contributed by atoms with Gasteiger partial charge in [-0.15, -0.1) is 0 Å². The van der Waals surface area contributed by atoms with Crippen LogP contribution in [0.4, 0.5) is 13.2 Å². The molecule has 0 N–H and O–H groups in total. The topological polar surface area (TPSA) is 71.1 Å². The van der Waals surface area contributed by atoms with E-state index in [9.17, 15) is 22.8 Å². The van der Waals surface area contributed by atoms with Crippen molar-refractivity contribution in [3.63, 3.8) is 0 Å². The number of carbonyl (C=O) groups is 2. The van der Waals surface area contributed by atoms with E-state index in [1.54, 1.807) is 19.1 Å². The van der Waals surface area contributed by atoms with Gasteiger partial charge in [-0.25, -0.2) is 9.59 Å². The lowest BCUT2D eigenvalue weighted by atomic mass is 10.0. The molecule has 0 bridgehead atoms. The van der Waals surface area contributed by atoms with Crippen molar-refractivity contribution < 1.29 is 41.7 Å². The third kappa shape index (κ3) is 11.7. The zero-order valence-corrected chi connectivity index (χ0v) is 25.4. The first-order chi connectivity index (χ1) is 21.2. The van der Waals surface area contributed by atoms with Gasteiger partial charge in [0.2, 0.25) is 0 Å². The third-order valence-electron chi connectivity index (χ3n) is 6.97. The number of hydrogen-bond acceptors (Lipinski definition) is 6. The molecule has 0 aliphatic rings. The van der Waals surface area contributed by atoms with Gasteiger partial charge in [-0.05, 0) is 73.0 Å². The van der Waals surface area contributed by atoms with Crippen LogP contribution in [0.15, 0.2) is 72.8 Å². The highest BCUT2D eigenvalue weighted by atomic mass is 19.4. The van der Waals surface area contributed by atoms with E-state index in [0.717, 1.165) is 23.3 Å². The molecular formula is C35H41F3O6. The maximum Gasteiger partial charge on any atom is 0.425 e. The van der Waals surface area contributed by atoms with Crippen LogP contribution >= 0.6 is 0 Å². The number of esters is 2. The number of carbonyl (C=O) groups excluding carboxylic acids is 2. The molecule has 6 nitrogen and oxygen atoms in total. The predicted molar refractivity (Wildman–Crippen MR) is 163 cm³/mol. The SMILES string of the molecule is CCCCCCCCCOc1ccc(-c2ccc(C(=O)Oc3ccc(C(=O)OC(CCOCC)C(F)(F)F)cc3)cc2)cc1. The van der Waals surface area contributed by atoms with Crippen LogP contribution in [-0.4, -0.2) is 44.0 Å². The van der Waals surface area contributed by atoms with Crippen molar-refractivity contribution >= 4 is 11.9 Å². The molecule has 3 aromatic rings. The van der Waals surface area contributed by atoms with Gasteiger partial charge in [-0.1, -0.05) is 69.7 Å². The fourth-order valence-corrected chi connectivity index (χ4v) is 4.44. The van der Waals surface area contributed by atoms with Crippen LogP contribution in [0.1, 0.15) is 85.9 Å². The normalized spacial score (nSPS) is 12.0. The molecule has 0 aliphatic carbocycles. The summed E-state index contributed by atoms with van der Waals surface area (Å²) in [5.74, 6) is -0.800. The Kier molecular flexibility index (Phi) is 14.2. The summed E-state index contributed by atoms with van der Waals surface area (Å²) in [5, 5.41) is 0. The molecule has 0 heterocycles. The lowest BCUT2D eigenvalue weighted by Crippen LogP contribution is -2.35. The van der Waals surface area contributed by atoms with E-state index in [4.69, 9.17) is 14.2 Å². The zero-order valence-electron chi connectivity index (χ0n) is 25.4. The number of rotatable bonds is 18. The van der Waals surface area contributed by atoms with Gasteiger partial charge in [0.05, 0.1) is 24.3 Å². The summed E-state index contributed by atoms with van der Waals surface area (Å²) in [5.41, 5.74) is 2.10. The van der Waals surface area contributed by atoms with E-state index < -0.39 is 30.6 Å². The van der Waals surface area contributed by atoms with Crippen LogP contribution in [0, 0.1) is 0 Å². The second-order valence-electron chi connectivity index (χ2n) is 10.4.